The van der Waals surface area contributed by atoms with E-state index in [0.29, 0.717) is 17.2 Å². The van der Waals surface area contributed by atoms with Crippen molar-refractivity contribution in [3.8, 4) is 0 Å². The molecule has 0 bridgehead atoms. The van der Waals surface area contributed by atoms with E-state index >= 15 is 0 Å². The number of nitrogens with one attached hydrogen (secondary N) is 2. The number of H-pyrrole nitrogens is 1. The van der Waals surface area contributed by atoms with Gasteiger partial charge in [-0.15, -0.1) is 0 Å². The largest absolute Gasteiger partial charge is 0.324 e. The van der Waals surface area contributed by atoms with Crippen molar-refractivity contribution in [1.29, 1.82) is 0 Å². The van der Waals surface area contributed by atoms with E-state index in [4.69, 9.17) is 0 Å². The number of rotatable bonds is 5. The highest BCUT2D eigenvalue weighted by Crippen LogP contribution is 2.17. The van der Waals surface area contributed by atoms with E-state index < -0.39 is 0 Å². The van der Waals surface area contributed by atoms with Crippen molar-refractivity contribution >= 4 is 22.5 Å². The molecule has 0 saturated heterocycles. The van der Waals surface area contributed by atoms with Crippen LogP contribution in [0.1, 0.15) is 16.7 Å². The highest BCUT2D eigenvalue weighted by molar-refractivity contribution is 5.78. The van der Waals surface area contributed by atoms with Crippen molar-refractivity contribution in [3.63, 3.8) is 0 Å². The van der Waals surface area contributed by atoms with Crippen LogP contribution in [0.4, 0.5) is 16.0 Å². The first-order valence-electron chi connectivity index (χ1n) is 9.03. The summed E-state index contributed by atoms with van der Waals surface area (Å²) in [6.07, 6.45) is 5.19. The number of hydrogen-bond donors (Lipinski definition) is 2. The van der Waals surface area contributed by atoms with Crippen molar-refractivity contribution in [3.05, 3.63) is 93.8 Å². The zero-order chi connectivity index (χ0) is 19.5. The number of hydrogen-bond acceptors (Lipinski definition) is 4. The fourth-order valence-electron chi connectivity index (χ4n) is 3.00. The fourth-order valence-corrected chi connectivity index (χ4v) is 3.00. The van der Waals surface area contributed by atoms with E-state index in [9.17, 15) is 9.18 Å². The zero-order valence-corrected chi connectivity index (χ0v) is 15.4. The highest BCUT2D eigenvalue weighted by atomic mass is 19.1. The molecular weight excluding hydrogens is 355 g/mol. The van der Waals surface area contributed by atoms with Crippen LogP contribution < -0.4 is 10.9 Å². The molecular formula is C22H19FN4O. The van der Waals surface area contributed by atoms with E-state index in [1.807, 2.05) is 18.2 Å². The highest BCUT2D eigenvalue weighted by Gasteiger charge is 2.04. The molecule has 140 valence electrons. The van der Waals surface area contributed by atoms with E-state index in [2.05, 4.69) is 26.3 Å². The van der Waals surface area contributed by atoms with Gasteiger partial charge in [-0.1, -0.05) is 12.1 Å². The van der Waals surface area contributed by atoms with Crippen molar-refractivity contribution in [2.24, 2.45) is 0 Å². The molecule has 2 N–H and O–H groups in total. The summed E-state index contributed by atoms with van der Waals surface area (Å²) in [6.45, 7) is 1.72. The van der Waals surface area contributed by atoms with Gasteiger partial charge < -0.3 is 10.3 Å². The van der Waals surface area contributed by atoms with E-state index in [0.717, 1.165) is 29.3 Å². The van der Waals surface area contributed by atoms with Crippen LogP contribution in [0.5, 0.6) is 0 Å². The standard InChI is InChI=1S/C22H19FN4O/c1-14-2-7-18(11-19(14)23)26-22-24-12-16(13-25-22)4-3-15-5-8-20-17(10-15)6-9-21(28)27-20/h2,5-13H,3-4H2,1H3,(H,27,28)(H,24,25,26). The second-order valence-corrected chi connectivity index (χ2v) is 6.75. The second kappa shape index (κ2) is 7.60. The molecule has 2 aromatic heterocycles. The number of halogens is 1. The van der Waals surface area contributed by atoms with Crippen LogP contribution in [0.15, 0.2) is 65.7 Å². The molecule has 0 saturated carbocycles. The molecule has 0 unspecified atom stereocenters. The molecule has 4 rings (SSSR count). The monoisotopic (exact) mass is 374 g/mol. The Hall–Kier alpha value is -3.54. The van der Waals surface area contributed by atoms with Crippen LogP contribution in [0.2, 0.25) is 0 Å². The molecule has 0 amide bonds. The first kappa shape index (κ1) is 17.9. The van der Waals surface area contributed by atoms with Gasteiger partial charge >= 0.3 is 0 Å². The van der Waals surface area contributed by atoms with Crippen molar-refractivity contribution in [2.45, 2.75) is 19.8 Å². The third-order valence-electron chi connectivity index (χ3n) is 4.62. The maximum absolute atomic E-state index is 13.6. The van der Waals surface area contributed by atoms with Crippen LogP contribution in [0.25, 0.3) is 10.9 Å². The van der Waals surface area contributed by atoms with Gasteiger partial charge in [0.1, 0.15) is 5.82 Å². The molecule has 6 heteroatoms. The predicted octanol–water partition coefficient (Wildman–Crippen LogP) is 4.29. The smallest absolute Gasteiger partial charge is 0.248 e. The summed E-state index contributed by atoms with van der Waals surface area (Å²) in [4.78, 5) is 22.8. The quantitative estimate of drug-likeness (QED) is 0.547. The van der Waals surface area contributed by atoms with Gasteiger partial charge in [-0.05, 0) is 72.2 Å². The van der Waals surface area contributed by atoms with E-state index in [1.165, 1.54) is 17.7 Å². The number of benzene rings is 2. The van der Waals surface area contributed by atoms with E-state index in [-0.39, 0.29) is 11.4 Å². The van der Waals surface area contributed by atoms with Gasteiger partial charge in [0.05, 0.1) is 0 Å². The number of fused-ring (bicyclic) bond motifs is 1. The summed E-state index contributed by atoms with van der Waals surface area (Å²) in [6, 6.07) is 14.3. The number of anilines is 2. The fraction of sp³-hybridized carbons (Fsp3) is 0.136. The maximum atomic E-state index is 13.6. The Kier molecular flexibility index (Phi) is 4.85. The number of nitrogens with zero attached hydrogens (tertiary/aromatic N) is 2. The van der Waals surface area contributed by atoms with Crippen LogP contribution in [0.3, 0.4) is 0 Å². The van der Waals surface area contributed by atoms with Gasteiger partial charge in [0, 0.05) is 29.7 Å². The zero-order valence-electron chi connectivity index (χ0n) is 15.4. The van der Waals surface area contributed by atoms with Crippen molar-refractivity contribution in [1.82, 2.24) is 15.0 Å². The molecule has 2 aromatic carbocycles. The SMILES string of the molecule is Cc1ccc(Nc2ncc(CCc3ccc4[nH]c(=O)ccc4c3)cn2)cc1F. The number of aryl methyl sites for hydroxylation is 3. The third kappa shape index (κ3) is 4.06. The third-order valence-corrected chi connectivity index (χ3v) is 4.62. The molecule has 28 heavy (non-hydrogen) atoms. The average Bonchev–Trinajstić information content (AvgIpc) is 2.70. The molecule has 4 aromatic rings. The lowest BCUT2D eigenvalue weighted by Crippen LogP contribution is -2.02. The second-order valence-electron chi connectivity index (χ2n) is 6.75. The average molecular weight is 374 g/mol. The van der Waals surface area contributed by atoms with Gasteiger partial charge in [0.25, 0.3) is 0 Å². The Balaban J connectivity index is 1.41. The van der Waals surface area contributed by atoms with Gasteiger partial charge in [0.15, 0.2) is 0 Å². The lowest BCUT2D eigenvalue weighted by molar-refractivity contribution is 0.619. The number of aromatic amines is 1. The Labute approximate surface area is 161 Å². The Morgan fingerprint density at radius 3 is 2.54 bits per heavy atom. The van der Waals surface area contributed by atoms with Gasteiger partial charge in [-0.25, -0.2) is 14.4 Å². The normalized spacial score (nSPS) is 10.9. The number of pyridine rings is 1. The van der Waals surface area contributed by atoms with Crippen LogP contribution in [-0.2, 0) is 12.8 Å². The Morgan fingerprint density at radius 2 is 1.75 bits per heavy atom. The van der Waals surface area contributed by atoms with Gasteiger partial charge in [-0.3, -0.25) is 4.79 Å². The summed E-state index contributed by atoms with van der Waals surface area (Å²) in [5.74, 6) is 0.169. The Morgan fingerprint density at radius 1 is 0.964 bits per heavy atom. The topological polar surface area (TPSA) is 70.7 Å². The minimum Gasteiger partial charge on any atom is -0.324 e. The lowest BCUT2D eigenvalue weighted by Gasteiger charge is -2.07. The Bertz CT molecular complexity index is 1190. The van der Waals surface area contributed by atoms with Crippen LogP contribution >= 0.6 is 0 Å². The molecule has 0 spiro atoms. The first-order valence-corrected chi connectivity index (χ1v) is 9.03. The van der Waals surface area contributed by atoms with Crippen LogP contribution in [-0.4, -0.2) is 15.0 Å². The van der Waals surface area contributed by atoms with Gasteiger partial charge in [-0.2, -0.15) is 0 Å². The molecule has 0 aliphatic heterocycles. The molecule has 0 radical (unpaired) electrons. The van der Waals surface area contributed by atoms with Crippen LogP contribution in [0, 0.1) is 12.7 Å². The summed E-state index contributed by atoms with van der Waals surface area (Å²) in [5.41, 5.74) is 4.15. The van der Waals surface area contributed by atoms with E-state index in [1.54, 1.807) is 31.5 Å². The molecule has 0 atom stereocenters. The molecule has 0 aliphatic carbocycles. The molecule has 0 aliphatic rings. The maximum Gasteiger partial charge on any atom is 0.248 e. The summed E-state index contributed by atoms with van der Waals surface area (Å²) in [7, 11) is 0. The van der Waals surface area contributed by atoms with Gasteiger partial charge in [0.2, 0.25) is 11.5 Å². The van der Waals surface area contributed by atoms with Crippen molar-refractivity contribution < 1.29 is 4.39 Å². The predicted molar refractivity (Wildman–Crippen MR) is 108 cm³/mol. The number of aromatic nitrogens is 3. The van der Waals surface area contributed by atoms with Crippen molar-refractivity contribution in [2.75, 3.05) is 5.32 Å². The molecule has 2 heterocycles. The summed E-state index contributed by atoms with van der Waals surface area (Å²) in [5, 5.41) is 4.02. The lowest BCUT2D eigenvalue weighted by atomic mass is 10.0. The minimum absolute atomic E-state index is 0.0977. The summed E-state index contributed by atoms with van der Waals surface area (Å²) < 4.78 is 13.6. The molecule has 5 nitrogen and oxygen atoms in total. The first-order chi connectivity index (χ1) is 13.6. The minimum atomic E-state index is -0.263. The molecule has 0 fully saturated rings. The summed E-state index contributed by atoms with van der Waals surface area (Å²) >= 11 is 0.